The molecule has 2 heterocycles. The molecule has 1 amide bonds. The molecule has 5 heteroatoms. The molecule has 1 aromatic carbocycles. The van der Waals surface area contributed by atoms with Crippen LogP contribution in [0.2, 0.25) is 0 Å². The quantitative estimate of drug-likeness (QED) is 0.773. The Balaban J connectivity index is 1.98. The number of piperazine rings is 1. The Morgan fingerprint density at radius 2 is 2.12 bits per heavy atom. The second-order valence-electron chi connectivity index (χ2n) is 4.16. The van der Waals surface area contributed by atoms with Crippen LogP contribution >= 0.6 is 0 Å². The minimum absolute atomic E-state index is 0.0535. The Hall–Kier alpha value is -1.49. The molecule has 0 spiro atoms. The first kappa shape index (κ1) is 9.72. The van der Waals surface area contributed by atoms with Gasteiger partial charge < -0.3 is 10.2 Å². The van der Waals surface area contributed by atoms with Crippen LogP contribution in [0.15, 0.2) is 18.2 Å². The molecular weight excluding hydrogens is 214 g/mol. The number of nitrogens with one attached hydrogen (secondary N) is 1. The van der Waals surface area contributed by atoms with Gasteiger partial charge in [0.1, 0.15) is 0 Å². The van der Waals surface area contributed by atoms with E-state index in [-0.39, 0.29) is 18.0 Å². The van der Waals surface area contributed by atoms with Gasteiger partial charge in [0.2, 0.25) is 5.91 Å². The van der Waals surface area contributed by atoms with Crippen LogP contribution in [0, 0.1) is 11.6 Å². The highest BCUT2D eigenvalue weighted by Gasteiger charge is 2.45. The van der Waals surface area contributed by atoms with Crippen molar-refractivity contribution in [2.24, 2.45) is 0 Å². The highest BCUT2D eigenvalue weighted by molar-refractivity contribution is 6.01. The van der Waals surface area contributed by atoms with Crippen molar-refractivity contribution in [3.63, 3.8) is 0 Å². The van der Waals surface area contributed by atoms with Gasteiger partial charge in [-0.2, -0.15) is 0 Å². The van der Waals surface area contributed by atoms with E-state index in [0.29, 0.717) is 5.69 Å². The van der Waals surface area contributed by atoms with Crippen LogP contribution in [-0.2, 0) is 4.79 Å². The normalized spacial score (nSPS) is 27.9. The van der Waals surface area contributed by atoms with E-state index < -0.39 is 11.6 Å². The minimum Gasteiger partial charge on any atom is -0.307 e. The number of amides is 1. The Kier molecular flexibility index (Phi) is 1.97. The number of halogens is 2. The number of hydrogen-bond donors (Lipinski definition) is 1. The highest BCUT2D eigenvalue weighted by atomic mass is 19.2. The van der Waals surface area contributed by atoms with E-state index in [1.165, 1.54) is 6.07 Å². The van der Waals surface area contributed by atoms with Crippen LogP contribution in [0.4, 0.5) is 14.5 Å². The molecule has 0 radical (unpaired) electrons. The molecule has 3 nitrogen and oxygen atoms in total. The summed E-state index contributed by atoms with van der Waals surface area (Å²) in [6, 6.07) is 3.49. The zero-order chi connectivity index (χ0) is 11.3. The summed E-state index contributed by atoms with van der Waals surface area (Å²) in [7, 11) is 0. The summed E-state index contributed by atoms with van der Waals surface area (Å²) in [6.07, 6.45) is 0.748. The lowest BCUT2D eigenvalue weighted by molar-refractivity contribution is -0.119. The molecule has 2 aliphatic heterocycles. The van der Waals surface area contributed by atoms with Crippen LogP contribution in [0.1, 0.15) is 6.42 Å². The van der Waals surface area contributed by atoms with Crippen molar-refractivity contribution in [1.82, 2.24) is 5.32 Å². The summed E-state index contributed by atoms with van der Waals surface area (Å²) < 4.78 is 25.9. The number of anilines is 1. The van der Waals surface area contributed by atoms with E-state index in [0.717, 1.165) is 25.1 Å². The predicted molar refractivity (Wildman–Crippen MR) is 54.0 cm³/mol. The standard InChI is InChI=1S/C11H10F2N2O/c12-8-2-1-6(3-9(8)13)15-7-4-10(11(15)16)14-5-7/h1-3,7,10,14H,4-5H2/t7-,10-/m0/s1. The Bertz CT molecular complexity index is 463. The van der Waals surface area contributed by atoms with Crippen molar-refractivity contribution >= 4 is 11.6 Å². The third kappa shape index (κ3) is 1.24. The highest BCUT2D eigenvalue weighted by Crippen LogP contribution is 2.31. The fraction of sp³-hybridized carbons (Fsp3) is 0.364. The summed E-state index contributed by atoms with van der Waals surface area (Å²) in [5.41, 5.74) is 0.443. The van der Waals surface area contributed by atoms with Crippen molar-refractivity contribution < 1.29 is 13.6 Å². The zero-order valence-electron chi connectivity index (χ0n) is 8.41. The summed E-state index contributed by atoms with van der Waals surface area (Å²) in [4.78, 5) is 13.4. The van der Waals surface area contributed by atoms with Crippen LogP contribution in [0.25, 0.3) is 0 Å². The second kappa shape index (κ2) is 3.25. The summed E-state index contributed by atoms with van der Waals surface area (Å²) in [5, 5.41) is 3.07. The molecule has 2 saturated heterocycles. The van der Waals surface area contributed by atoms with Gasteiger partial charge in [0.25, 0.3) is 0 Å². The third-order valence-electron chi connectivity index (χ3n) is 3.19. The van der Waals surface area contributed by atoms with Gasteiger partial charge in [-0.15, -0.1) is 0 Å². The van der Waals surface area contributed by atoms with Gasteiger partial charge in [0.05, 0.1) is 12.1 Å². The van der Waals surface area contributed by atoms with E-state index in [1.807, 2.05) is 0 Å². The number of benzene rings is 1. The molecule has 1 N–H and O–H groups in total. The molecule has 1 aromatic rings. The van der Waals surface area contributed by atoms with Crippen LogP contribution in [-0.4, -0.2) is 24.5 Å². The van der Waals surface area contributed by atoms with Gasteiger partial charge in [-0.1, -0.05) is 0 Å². The lowest BCUT2D eigenvalue weighted by Crippen LogP contribution is -2.48. The Labute approximate surface area is 91.0 Å². The largest absolute Gasteiger partial charge is 0.307 e. The maximum atomic E-state index is 13.1. The van der Waals surface area contributed by atoms with E-state index in [2.05, 4.69) is 5.32 Å². The molecule has 2 aliphatic rings. The Morgan fingerprint density at radius 3 is 2.75 bits per heavy atom. The van der Waals surface area contributed by atoms with Gasteiger partial charge in [-0.05, 0) is 18.6 Å². The maximum absolute atomic E-state index is 13.1. The van der Waals surface area contributed by atoms with Gasteiger partial charge in [-0.25, -0.2) is 8.78 Å². The lowest BCUT2D eigenvalue weighted by atomic mass is 10.2. The molecule has 0 aromatic heterocycles. The number of carbonyl (C=O) groups excluding carboxylic acids is 1. The minimum atomic E-state index is -0.916. The average Bonchev–Trinajstić information content (AvgIpc) is 2.83. The first-order valence-corrected chi connectivity index (χ1v) is 5.18. The molecule has 2 fully saturated rings. The number of carbonyl (C=O) groups is 1. The zero-order valence-corrected chi connectivity index (χ0v) is 8.41. The first-order chi connectivity index (χ1) is 7.66. The van der Waals surface area contributed by atoms with Gasteiger partial charge in [0.15, 0.2) is 11.6 Å². The summed E-state index contributed by atoms with van der Waals surface area (Å²) >= 11 is 0. The molecule has 0 saturated carbocycles. The van der Waals surface area contributed by atoms with Crippen molar-refractivity contribution in [3.05, 3.63) is 29.8 Å². The number of fused-ring (bicyclic) bond motifs is 2. The monoisotopic (exact) mass is 224 g/mol. The SMILES string of the molecule is O=C1[C@@H]2C[C@@H](CN2)N1c1ccc(F)c(F)c1. The van der Waals surface area contributed by atoms with Crippen molar-refractivity contribution in [1.29, 1.82) is 0 Å². The molecule has 84 valence electrons. The molecule has 2 bridgehead atoms. The summed E-state index contributed by atoms with van der Waals surface area (Å²) in [6.45, 7) is 0.718. The number of nitrogens with zero attached hydrogens (tertiary/aromatic N) is 1. The number of rotatable bonds is 1. The van der Waals surface area contributed by atoms with Gasteiger partial charge >= 0.3 is 0 Å². The molecule has 16 heavy (non-hydrogen) atoms. The van der Waals surface area contributed by atoms with Crippen molar-refractivity contribution in [2.75, 3.05) is 11.4 Å². The van der Waals surface area contributed by atoms with Crippen molar-refractivity contribution in [2.45, 2.75) is 18.5 Å². The fourth-order valence-electron chi connectivity index (χ4n) is 2.42. The van der Waals surface area contributed by atoms with Crippen LogP contribution < -0.4 is 10.2 Å². The predicted octanol–water partition coefficient (Wildman–Crippen LogP) is 1.04. The smallest absolute Gasteiger partial charge is 0.244 e. The molecule has 2 atom stereocenters. The average molecular weight is 224 g/mol. The Morgan fingerprint density at radius 1 is 1.31 bits per heavy atom. The van der Waals surface area contributed by atoms with Gasteiger partial charge in [-0.3, -0.25) is 4.79 Å². The summed E-state index contributed by atoms with van der Waals surface area (Å²) in [5.74, 6) is -1.86. The van der Waals surface area contributed by atoms with E-state index in [9.17, 15) is 13.6 Å². The topological polar surface area (TPSA) is 32.3 Å². The number of hydrogen-bond acceptors (Lipinski definition) is 2. The van der Waals surface area contributed by atoms with Crippen LogP contribution in [0.3, 0.4) is 0 Å². The second-order valence-corrected chi connectivity index (χ2v) is 4.16. The molecule has 0 aliphatic carbocycles. The van der Waals surface area contributed by atoms with E-state index in [4.69, 9.17) is 0 Å². The molecule has 0 unspecified atom stereocenters. The molecule has 3 rings (SSSR count). The first-order valence-electron chi connectivity index (χ1n) is 5.18. The van der Waals surface area contributed by atoms with Gasteiger partial charge in [0, 0.05) is 18.3 Å². The molecular formula is C11H10F2N2O. The van der Waals surface area contributed by atoms with E-state index >= 15 is 0 Å². The maximum Gasteiger partial charge on any atom is 0.244 e. The van der Waals surface area contributed by atoms with Crippen LogP contribution in [0.5, 0.6) is 0 Å². The van der Waals surface area contributed by atoms with Crippen molar-refractivity contribution in [3.8, 4) is 0 Å². The fourth-order valence-corrected chi connectivity index (χ4v) is 2.42. The third-order valence-corrected chi connectivity index (χ3v) is 3.19. The lowest BCUT2D eigenvalue weighted by Gasteiger charge is -2.27. The van der Waals surface area contributed by atoms with E-state index in [1.54, 1.807) is 4.90 Å².